The smallest absolute Gasteiger partial charge is 0.261 e. The van der Waals surface area contributed by atoms with Crippen molar-refractivity contribution in [1.82, 2.24) is 0 Å². The van der Waals surface area contributed by atoms with Crippen LogP contribution in [0.4, 0.5) is 3.89 Å². The largest absolute Gasteiger partial charge is 0.722 e. The molecule has 1 heterocycles. The lowest BCUT2D eigenvalue weighted by Crippen LogP contribution is -2.34. The first kappa shape index (κ1) is 28.5. The molecule has 0 fully saturated rings. The number of fused-ring (bicyclic) bond motifs is 2. The van der Waals surface area contributed by atoms with E-state index in [9.17, 15) is 22.2 Å². The number of aromatic carboxylic acids is 1. The molecule has 196 valence electrons. The maximum Gasteiger partial charge on any atom is 0.261 e. The summed E-state index contributed by atoms with van der Waals surface area (Å²) in [5, 5.41) is 13.6. The first-order valence-corrected chi connectivity index (χ1v) is 14.3. The molecule has 0 atom stereocenters. The average Bonchev–Trinajstić information content (AvgIpc) is 2.73. The lowest BCUT2D eigenvalue weighted by Gasteiger charge is -2.19. The Morgan fingerprint density at radius 1 is 0.919 bits per heavy atom. The highest BCUT2D eigenvalue weighted by Crippen LogP contribution is 2.40. The Morgan fingerprint density at radius 2 is 1.46 bits per heavy atom. The Balaban J connectivity index is 0.000000695. The van der Waals surface area contributed by atoms with Gasteiger partial charge >= 0.3 is 0 Å². The van der Waals surface area contributed by atoms with Crippen LogP contribution in [-0.4, -0.2) is 27.4 Å². The second kappa shape index (κ2) is 9.97. The zero-order chi connectivity index (χ0) is 28.0. The summed E-state index contributed by atoms with van der Waals surface area (Å²) in [7, 11) is -1.82. The van der Waals surface area contributed by atoms with Gasteiger partial charge in [-0.15, -0.1) is 3.89 Å². The SMILES string of the molecule is Cc1cc(C)c2c(C(=O)[O-])c3c(C)cc(C)c(-c4ccccc4S(=O)(=O)Cl)c3[n+](C)c2c1.O=S(=O)([O-])F. The highest BCUT2D eigenvalue weighted by molar-refractivity contribution is 8.13. The van der Waals surface area contributed by atoms with Gasteiger partial charge in [-0.2, -0.15) is 4.57 Å². The Labute approximate surface area is 218 Å². The minimum atomic E-state index is -5.42. The molecule has 0 radical (unpaired) electrons. The van der Waals surface area contributed by atoms with Gasteiger partial charge in [0.1, 0.15) is 7.05 Å². The summed E-state index contributed by atoms with van der Waals surface area (Å²) in [5.74, 6) is -1.27. The molecule has 0 aliphatic rings. The number of aryl methyl sites for hydroxylation is 5. The van der Waals surface area contributed by atoms with E-state index in [1.165, 1.54) is 6.07 Å². The molecular formula is C25H22ClFNO7S2-. The molecule has 37 heavy (non-hydrogen) atoms. The number of aromatic nitrogens is 1. The maximum absolute atomic E-state index is 12.5. The van der Waals surface area contributed by atoms with Gasteiger partial charge in [-0.1, -0.05) is 30.3 Å². The molecule has 0 saturated carbocycles. The van der Waals surface area contributed by atoms with Gasteiger partial charge < -0.3 is 14.5 Å². The molecule has 0 unspecified atom stereocenters. The summed E-state index contributed by atoms with van der Waals surface area (Å²) in [6, 6.07) is 12.2. The number of hydrogen-bond donors (Lipinski definition) is 0. The van der Waals surface area contributed by atoms with E-state index < -0.39 is 25.5 Å². The third-order valence-electron chi connectivity index (χ3n) is 5.97. The first-order chi connectivity index (χ1) is 16.9. The Morgan fingerprint density at radius 3 is 2.00 bits per heavy atom. The molecule has 1 aromatic heterocycles. The summed E-state index contributed by atoms with van der Waals surface area (Å²) in [5.41, 5.74) is 5.90. The number of carboxylic acid groups (broad SMARTS) is 1. The maximum atomic E-state index is 12.5. The van der Waals surface area contributed by atoms with Crippen molar-refractivity contribution in [1.29, 1.82) is 0 Å². The number of rotatable bonds is 3. The number of carbonyl (C=O) groups is 1. The number of hydrogen-bond acceptors (Lipinski definition) is 7. The van der Waals surface area contributed by atoms with Crippen molar-refractivity contribution in [2.24, 2.45) is 7.05 Å². The molecule has 0 amide bonds. The Hall–Kier alpha value is -3.12. The highest BCUT2D eigenvalue weighted by Gasteiger charge is 2.28. The minimum absolute atomic E-state index is 0.0227. The standard InChI is InChI=1S/C25H22ClNO4S.FHO3S/c1-13-10-14(2)21-18(11-13)27(5)24-20(17-8-6-7-9-19(17)32(26,30)31)15(3)12-16(4)22(24)23(21)25(28)29;1-5(2,3)4/h6-12H,1-5H3;(H,2,3,4)/p-1. The van der Waals surface area contributed by atoms with Crippen molar-refractivity contribution >= 4 is 58.0 Å². The van der Waals surface area contributed by atoms with Gasteiger partial charge in [0.15, 0.2) is 0 Å². The number of carbonyl (C=O) groups excluding carboxylic acids is 1. The number of nitrogens with zero attached hydrogens (tertiary/aromatic N) is 1. The van der Waals surface area contributed by atoms with Gasteiger partial charge in [-0.05, 0) is 56.0 Å². The monoisotopic (exact) mass is 566 g/mol. The highest BCUT2D eigenvalue weighted by atomic mass is 35.7. The summed E-state index contributed by atoms with van der Waals surface area (Å²) in [6.45, 7) is 7.56. The molecule has 4 rings (SSSR count). The van der Waals surface area contributed by atoms with Crippen LogP contribution in [-0.2, 0) is 26.6 Å². The van der Waals surface area contributed by atoms with Gasteiger partial charge in [0.2, 0.25) is 11.0 Å². The predicted molar refractivity (Wildman–Crippen MR) is 135 cm³/mol. The van der Waals surface area contributed by atoms with E-state index >= 15 is 0 Å². The van der Waals surface area contributed by atoms with Crippen molar-refractivity contribution in [3.05, 3.63) is 70.3 Å². The fourth-order valence-electron chi connectivity index (χ4n) is 4.83. The van der Waals surface area contributed by atoms with Crippen LogP contribution in [0.5, 0.6) is 0 Å². The molecule has 0 spiro atoms. The lowest BCUT2D eigenvalue weighted by molar-refractivity contribution is -0.617. The molecule has 0 aliphatic carbocycles. The summed E-state index contributed by atoms with van der Waals surface area (Å²) < 4.78 is 62.0. The molecule has 0 aliphatic heterocycles. The minimum Gasteiger partial charge on any atom is -0.722 e. The molecule has 0 N–H and O–H groups in total. The van der Waals surface area contributed by atoms with Crippen molar-refractivity contribution in [3.63, 3.8) is 0 Å². The predicted octanol–water partition coefficient (Wildman–Crippen LogP) is 3.43. The third-order valence-corrected chi connectivity index (χ3v) is 7.35. The van der Waals surface area contributed by atoms with Crippen LogP contribution in [0, 0.1) is 27.7 Å². The van der Waals surface area contributed by atoms with Crippen LogP contribution >= 0.6 is 10.7 Å². The lowest BCUT2D eigenvalue weighted by atomic mass is 9.89. The molecular weight excluding hydrogens is 545 g/mol. The topological polar surface area (TPSA) is 135 Å². The van der Waals surface area contributed by atoms with Crippen molar-refractivity contribution in [2.75, 3.05) is 0 Å². The van der Waals surface area contributed by atoms with E-state index in [2.05, 4.69) is 0 Å². The van der Waals surface area contributed by atoms with Crippen LogP contribution in [0.1, 0.15) is 32.6 Å². The van der Waals surface area contributed by atoms with Crippen molar-refractivity contribution in [2.45, 2.75) is 32.6 Å². The van der Waals surface area contributed by atoms with Crippen LogP contribution < -0.4 is 9.67 Å². The molecule has 4 aromatic rings. The fraction of sp³-hybridized carbons (Fsp3) is 0.200. The van der Waals surface area contributed by atoms with E-state index in [0.717, 1.165) is 27.8 Å². The van der Waals surface area contributed by atoms with E-state index in [-0.39, 0.29) is 10.5 Å². The van der Waals surface area contributed by atoms with Gasteiger partial charge in [-0.3, -0.25) is 0 Å². The third kappa shape index (κ3) is 5.74. The van der Waals surface area contributed by atoms with Gasteiger partial charge in [0, 0.05) is 27.9 Å². The fourth-order valence-corrected chi connectivity index (χ4v) is 5.91. The van der Waals surface area contributed by atoms with Crippen molar-refractivity contribution < 1.29 is 39.7 Å². The Bertz CT molecular complexity index is 1810. The zero-order valence-electron chi connectivity index (χ0n) is 20.4. The van der Waals surface area contributed by atoms with Crippen molar-refractivity contribution in [3.8, 4) is 11.1 Å². The van der Waals surface area contributed by atoms with Crippen LogP contribution in [0.2, 0.25) is 0 Å². The molecule has 12 heteroatoms. The first-order valence-electron chi connectivity index (χ1n) is 10.7. The summed E-state index contributed by atoms with van der Waals surface area (Å²) in [4.78, 5) is 12.4. The quantitative estimate of drug-likeness (QED) is 0.160. The van der Waals surface area contributed by atoms with Gasteiger partial charge in [0.05, 0.1) is 27.2 Å². The Kier molecular flexibility index (Phi) is 7.67. The number of carboxylic acids is 1. The zero-order valence-corrected chi connectivity index (χ0v) is 22.8. The number of halogens is 2. The summed E-state index contributed by atoms with van der Waals surface area (Å²) in [6.07, 6.45) is 0. The van der Waals surface area contributed by atoms with Gasteiger partial charge in [0.25, 0.3) is 19.6 Å². The molecule has 0 saturated heterocycles. The number of benzene rings is 3. The van der Waals surface area contributed by atoms with Crippen LogP contribution in [0.25, 0.3) is 32.9 Å². The van der Waals surface area contributed by atoms with Gasteiger partial charge in [-0.25, -0.2) is 16.8 Å². The average molecular weight is 567 g/mol. The van der Waals surface area contributed by atoms with E-state index in [4.69, 9.17) is 23.7 Å². The second-order valence-corrected chi connectivity index (χ2v) is 12.0. The second-order valence-electron chi connectivity index (χ2n) is 8.63. The number of pyridine rings is 1. The van der Waals surface area contributed by atoms with Crippen LogP contribution in [0.15, 0.2) is 47.4 Å². The molecule has 3 aromatic carbocycles. The van der Waals surface area contributed by atoms with E-state index in [1.54, 1.807) is 18.2 Å². The molecule has 8 nitrogen and oxygen atoms in total. The van der Waals surface area contributed by atoms with E-state index in [0.29, 0.717) is 27.4 Å². The summed E-state index contributed by atoms with van der Waals surface area (Å²) >= 11 is 0. The van der Waals surface area contributed by atoms with E-state index in [1.807, 2.05) is 57.5 Å². The molecule has 0 bridgehead atoms. The normalized spacial score (nSPS) is 11.9. The van der Waals surface area contributed by atoms with Crippen LogP contribution in [0.3, 0.4) is 0 Å².